The second-order valence-electron chi connectivity index (χ2n) is 7.74. The zero-order valence-electron chi connectivity index (χ0n) is 17.1. The summed E-state index contributed by atoms with van der Waals surface area (Å²) >= 11 is 0. The van der Waals surface area contributed by atoms with Gasteiger partial charge in [0.25, 0.3) is 17.4 Å². The molecule has 0 atom stereocenters. The van der Waals surface area contributed by atoms with Crippen LogP contribution in [0.5, 0.6) is 5.88 Å². The number of fused-ring (bicyclic) bond motifs is 1. The van der Waals surface area contributed by atoms with Crippen molar-refractivity contribution < 1.29 is 14.3 Å². The van der Waals surface area contributed by atoms with Crippen molar-refractivity contribution in [2.45, 2.75) is 38.6 Å². The third kappa shape index (κ3) is 3.81. The highest BCUT2D eigenvalue weighted by molar-refractivity contribution is 5.97. The lowest BCUT2D eigenvalue weighted by atomic mass is 9.95. The molecule has 1 N–H and O–H groups in total. The smallest absolute Gasteiger partial charge is 0.261 e. The molecule has 0 aliphatic carbocycles. The molecular weight excluding hydrogens is 384 g/mol. The van der Waals surface area contributed by atoms with Crippen molar-refractivity contribution in [3.63, 3.8) is 0 Å². The van der Waals surface area contributed by atoms with Crippen LogP contribution < -0.4 is 10.3 Å². The Labute approximate surface area is 174 Å². The quantitative estimate of drug-likeness (QED) is 0.835. The Hall–Kier alpha value is -3.16. The monoisotopic (exact) mass is 410 g/mol. The van der Waals surface area contributed by atoms with E-state index in [4.69, 9.17) is 4.74 Å². The first-order valence-electron chi connectivity index (χ1n) is 10.4. The van der Waals surface area contributed by atoms with Gasteiger partial charge in [0.15, 0.2) is 0 Å². The van der Waals surface area contributed by atoms with Crippen LogP contribution in [-0.2, 0) is 13.0 Å². The van der Waals surface area contributed by atoms with E-state index in [0.29, 0.717) is 38.2 Å². The number of hydrogen-bond donors (Lipinski definition) is 1. The number of likely N-dealkylation sites (tertiary alicyclic amines) is 1. The first-order valence-corrected chi connectivity index (χ1v) is 10.4. The molecule has 4 rings (SSSR count). The highest BCUT2D eigenvalue weighted by Gasteiger charge is 2.30. The summed E-state index contributed by atoms with van der Waals surface area (Å²) in [6.45, 7) is 2.12. The molecule has 0 saturated carbocycles. The first kappa shape index (κ1) is 20.1. The second kappa shape index (κ2) is 8.69. The van der Waals surface area contributed by atoms with Crippen molar-refractivity contribution in [3.8, 4) is 5.88 Å². The predicted octanol–water partition coefficient (Wildman–Crippen LogP) is 1.99. The number of nitrogens with one attached hydrogen (secondary N) is 1. The zero-order chi connectivity index (χ0) is 21.1. The van der Waals surface area contributed by atoms with Gasteiger partial charge in [-0.1, -0.05) is 12.8 Å². The van der Waals surface area contributed by atoms with Gasteiger partial charge in [0, 0.05) is 38.6 Å². The number of carbonyl (C=O) groups is 2. The molecule has 158 valence electrons. The Morgan fingerprint density at radius 1 is 1.07 bits per heavy atom. The topological polar surface area (TPSA) is 95.6 Å². The molecule has 0 unspecified atom stereocenters. The summed E-state index contributed by atoms with van der Waals surface area (Å²) in [5.74, 6) is -0.0901. The standard InChI is InChI=1S/C22H26N4O4/c1-30-20-17(7-6-9-23-20)21(28)26-12-8-16-15(14-26)13-24-19(27)18(16)22(29)25-10-4-2-3-5-11-25/h6-7,9,13H,2-5,8,10-12,14H2,1H3,(H,24,27). The molecule has 0 bridgehead atoms. The van der Waals surface area contributed by atoms with Gasteiger partial charge in [-0.2, -0.15) is 0 Å². The number of nitrogens with zero attached hydrogens (tertiary/aromatic N) is 3. The number of aromatic amines is 1. The third-order valence-electron chi connectivity index (χ3n) is 5.88. The summed E-state index contributed by atoms with van der Waals surface area (Å²) in [5.41, 5.74) is 1.84. The SMILES string of the molecule is COc1ncccc1C(=O)N1CCc2c(c[nH]c(=O)c2C(=O)N2CCCCCC2)C1. The van der Waals surface area contributed by atoms with Gasteiger partial charge in [-0.05, 0) is 42.5 Å². The average Bonchev–Trinajstić information content (AvgIpc) is 3.07. The second-order valence-corrected chi connectivity index (χ2v) is 7.74. The molecule has 1 saturated heterocycles. The summed E-state index contributed by atoms with van der Waals surface area (Å²) in [7, 11) is 1.48. The molecule has 2 aromatic rings. The Balaban J connectivity index is 1.61. The Morgan fingerprint density at radius 2 is 1.83 bits per heavy atom. The van der Waals surface area contributed by atoms with Crippen LogP contribution in [0.25, 0.3) is 0 Å². The fourth-order valence-electron chi connectivity index (χ4n) is 4.29. The van der Waals surface area contributed by atoms with Crippen LogP contribution in [0.15, 0.2) is 29.3 Å². The molecule has 0 aromatic carbocycles. The van der Waals surface area contributed by atoms with Crippen LogP contribution in [0.2, 0.25) is 0 Å². The van der Waals surface area contributed by atoms with Crippen LogP contribution in [0.4, 0.5) is 0 Å². The summed E-state index contributed by atoms with van der Waals surface area (Å²) in [6.07, 6.45) is 7.82. The summed E-state index contributed by atoms with van der Waals surface area (Å²) in [6, 6.07) is 3.38. The van der Waals surface area contributed by atoms with Crippen LogP contribution in [0, 0.1) is 0 Å². The van der Waals surface area contributed by atoms with E-state index in [1.165, 1.54) is 7.11 Å². The van der Waals surface area contributed by atoms with E-state index in [-0.39, 0.29) is 28.8 Å². The van der Waals surface area contributed by atoms with E-state index in [9.17, 15) is 14.4 Å². The fourth-order valence-corrected chi connectivity index (χ4v) is 4.29. The van der Waals surface area contributed by atoms with Crippen LogP contribution in [-0.4, -0.2) is 58.3 Å². The lowest BCUT2D eigenvalue weighted by Gasteiger charge is -2.30. The number of ether oxygens (including phenoxy) is 1. The van der Waals surface area contributed by atoms with Crippen molar-refractivity contribution in [1.29, 1.82) is 0 Å². The van der Waals surface area contributed by atoms with Gasteiger partial charge in [0.2, 0.25) is 5.88 Å². The molecule has 2 aliphatic heterocycles. The van der Waals surface area contributed by atoms with E-state index in [2.05, 4.69) is 9.97 Å². The maximum Gasteiger partial charge on any atom is 0.261 e. The summed E-state index contributed by atoms with van der Waals surface area (Å²) < 4.78 is 5.21. The van der Waals surface area contributed by atoms with Crippen molar-refractivity contribution >= 4 is 11.8 Å². The Morgan fingerprint density at radius 3 is 2.57 bits per heavy atom. The number of rotatable bonds is 3. The molecule has 2 amide bonds. The van der Waals surface area contributed by atoms with E-state index in [0.717, 1.165) is 36.8 Å². The maximum atomic E-state index is 13.2. The van der Waals surface area contributed by atoms with E-state index in [1.54, 1.807) is 34.3 Å². The van der Waals surface area contributed by atoms with Crippen molar-refractivity contribution in [1.82, 2.24) is 19.8 Å². The highest BCUT2D eigenvalue weighted by Crippen LogP contribution is 2.25. The molecular formula is C22H26N4O4. The van der Waals surface area contributed by atoms with Gasteiger partial charge in [-0.25, -0.2) is 4.98 Å². The van der Waals surface area contributed by atoms with Gasteiger partial charge in [0.05, 0.1) is 7.11 Å². The number of aromatic nitrogens is 2. The lowest BCUT2D eigenvalue weighted by Crippen LogP contribution is -2.41. The van der Waals surface area contributed by atoms with E-state index in [1.807, 2.05) is 0 Å². The summed E-state index contributed by atoms with van der Waals surface area (Å²) in [4.78, 5) is 49.1. The largest absolute Gasteiger partial charge is 0.480 e. The minimum Gasteiger partial charge on any atom is -0.480 e. The third-order valence-corrected chi connectivity index (χ3v) is 5.88. The van der Waals surface area contributed by atoms with Crippen molar-refractivity contribution in [2.24, 2.45) is 0 Å². The average molecular weight is 410 g/mol. The first-order chi connectivity index (χ1) is 14.6. The predicted molar refractivity (Wildman–Crippen MR) is 111 cm³/mol. The number of H-pyrrole nitrogens is 1. The van der Waals surface area contributed by atoms with Crippen LogP contribution in [0.1, 0.15) is 57.5 Å². The van der Waals surface area contributed by atoms with Gasteiger partial charge < -0.3 is 19.5 Å². The molecule has 8 heteroatoms. The molecule has 2 aromatic heterocycles. The number of pyridine rings is 2. The zero-order valence-corrected chi connectivity index (χ0v) is 17.1. The van der Waals surface area contributed by atoms with Crippen molar-refractivity contribution in [3.05, 3.63) is 57.1 Å². The number of hydrogen-bond acceptors (Lipinski definition) is 5. The number of methoxy groups -OCH3 is 1. The molecule has 2 aliphatic rings. The minimum atomic E-state index is -0.350. The summed E-state index contributed by atoms with van der Waals surface area (Å²) in [5, 5.41) is 0. The van der Waals surface area contributed by atoms with E-state index >= 15 is 0 Å². The molecule has 8 nitrogen and oxygen atoms in total. The maximum absolute atomic E-state index is 13.2. The molecule has 4 heterocycles. The molecule has 0 spiro atoms. The number of amides is 2. The fraction of sp³-hybridized carbons (Fsp3) is 0.455. The van der Waals surface area contributed by atoms with Crippen LogP contribution >= 0.6 is 0 Å². The molecule has 1 fully saturated rings. The Kier molecular flexibility index (Phi) is 5.83. The molecule has 0 radical (unpaired) electrons. The molecule has 30 heavy (non-hydrogen) atoms. The Bertz CT molecular complexity index is 1010. The van der Waals surface area contributed by atoms with Crippen molar-refractivity contribution in [2.75, 3.05) is 26.7 Å². The van der Waals surface area contributed by atoms with Crippen LogP contribution in [0.3, 0.4) is 0 Å². The lowest BCUT2D eigenvalue weighted by molar-refractivity contribution is 0.0728. The van der Waals surface area contributed by atoms with E-state index < -0.39 is 0 Å². The number of carbonyl (C=O) groups excluding carboxylic acids is 2. The van der Waals surface area contributed by atoms with Gasteiger partial charge >= 0.3 is 0 Å². The highest BCUT2D eigenvalue weighted by atomic mass is 16.5. The minimum absolute atomic E-state index is 0.183. The van der Waals surface area contributed by atoms with Gasteiger partial charge in [0.1, 0.15) is 11.1 Å². The van der Waals surface area contributed by atoms with Gasteiger partial charge in [-0.3, -0.25) is 14.4 Å². The normalized spacial score (nSPS) is 16.6. The van der Waals surface area contributed by atoms with Gasteiger partial charge in [-0.15, -0.1) is 0 Å².